The van der Waals surface area contributed by atoms with Crippen molar-refractivity contribution in [3.63, 3.8) is 0 Å². The molecule has 0 saturated carbocycles. The number of nitriles is 1. The molecule has 0 aliphatic heterocycles. The van der Waals surface area contributed by atoms with Gasteiger partial charge in [0.05, 0.1) is 25.6 Å². The molecule has 0 saturated heterocycles. The molecule has 0 aliphatic rings. The van der Waals surface area contributed by atoms with E-state index >= 15 is 0 Å². The maximum absolute atomic E-state index is 8.15. The molecule has 2 N–H and O–H groups in total. The minimum atomic E-state index is 0.684. The summed E-state index contributed by atoms with van der Waals surface area (Å²) in [5.41, 5.74) is 0. The number of quaternary nitrogens is 1. The van der Waals surface area contributed by atoms with Crippen LogP contribution in [0.3, 0.4) is 0 Å². The molecule has 0 aliphatic carbocycles. The van der Waals surface area contributed by atoms with Gasteiger partial charge in [0.1, 0.15) is 0 Å². The molecule has 9 heavy (non-hydrogen) atoms. The fraction of sp³-hybridized carbons (Fsp3) is 0.857. The molecular formula is C7H15N2+. The van der Waals surface area contributed by atoms with Crippen molar-refractivity contribution in [2.24, 2.45) is 0 Å². The Morgan fingerprint density at radius 2 is 2.22 bits per heavy atom. The maximum atomic E-state index is 8.15. The van der Waals surface area contributed by atoms with Crippen LogP contribution >= 0.6 is 0 Å². The quantitative estimate of drug-likeness (QED) is 0.529. The van der Waals surface area contributed by atoms with Crippen LogP contribution in [-0.4, -0.2) is 13.1 Å². The lowest BCUT2D eigenvalue weighted by Crippen LogP contribution is -2.84. The van der Waals surface area contributed by atoms with Crippen LogP contribution in [0.15, 0.2) is 0 Å². The van der Waals surface area contributed by atoms with E-state index in [-0.39, 0.29) is 0 Å². The molecule has 0 unspecified atom stereocenters. The Balaban J connectivity index is 2.69. The van der Waals surface area contributed by atoms with Gasteiger partial charge in [-0.05, 0) is 6.42 Å². The number of nitrogens with two attached hydrogens (primary N) is 1. The number of nitrogens with zero attached hydrogens (tertiary/aromatic N) is 1. The Hall–Kier alpha value is -0.550. The zero-order chi connectivity index (χ0) is 6.95. The summed E-state index contributed by atoms with van der Waals surface area (Å²) in [7, 11) is 0. The van der Waals surface area contributed by atoms with Crippen LogP contribution in [0.2, 0.25) is 0 Å². The van der Waals surface area contributed by atoms with Gasteiger partial charge in [0.15, 0.2) is 0 Å². The molecule has 0 aromatic heterocycles. The highest BCUT2D eigenvalue weighted by molar-refractivity contribution is 4.65. The molecule has 0 heterocycles. The second-order valence-electron chi connectivity index (χ2n) is 2.13. The van der Waals surface area contributed by atoms with Gasteiger partial charge in [-0.1, -0.05) is 13.3 Å². The molecule has 0 amide bonds. The molecule has 0 atom stereocenters. The Morgan fingerprint density at radius 1 is 1.44 bits per heavy atom. The summed E-state index contributed by atoms with van der Waals surface area (Å²) in [6.45, 7) is 4.33. The van der Waals surface area contributed by atoms with Crippen LogP contribution in [0.25, 0.3) is 0 Å². The highest BCUT2D eigenvalue weighted by Crippen LogP contribution is 1.77. The molecule has 0 spiro atoms. The average Bonchev–Trinajstić information content (AvgIpc) is 1.89. The largest absolute Gasteiger partial charge is 0.345 e. The second kappa shape index (κ2) is 7.45. The van der Waals surface area contributed by atoms with Crippen LogP contribution < -0.4 is 5.32 Å². The average molecular weight is 127 g/mol. The van der Waals surface area contributed by atoms with Gasteiger partial charge in [-0.25, -0.2) is 0 Å². The van der Waals surface area contributed by atoms with Crippen molar-refractivity contribution in [2.45, 2.75) is 26.2 Å². The smallest absolute Gasteiger partial charge is 0.0887 e. The van der Waals surface area contributed by atoms with Gasteiger partial charge in [-0.2, -0.15) is 5.26 Å². The molecule has 0 fully saturated rings. The van der Waals surface area contributed by atoms with E-state index < -0.39 is 0 Å². The fourth-order valence-corrected chi connectivity index (χ4v) is 0.659. The monoisotopic (exact) mass is 127 g/mol. The summed E-state index contributed by atoms with van der Waals surface area (Å²) < 4.78 is 0. The second-order valence-corrected chi connectivity index (χ2v) is 2.13. The van der Waals surface area contributed by atoms with Crippen molar-refractivity contribution >= 4 is 0 Å². The van der Waals surface area contributed by atoms with Gasteiger partial charge in [-0.3, -0.25) is 0 Å². The first-order valence-corrected chi connectivity index (χ1v) is 3.60. The molecular weight excluding hydrogens is 112 g/mol. The van der Waals surface area contributed by atoms with Gasteiger partial charge in [0, 0.05) is 0 Å². The summed E-state index contributed by atoms with van der Waals surface area (Å²) in [6, 6.07) is 2.11. The van der Waals surface area contributed by atoms with Crippen molar-refractivity contribution in [1.29, 1.82) is 5.26 Å². The first-order chi connectivity index (χ1) is 4.41. The molecule has 52 valence electrons. The van der Waals surface area contributed by atoms with E-state index in [0.717, 1.165) is 6.54 Å². The molecule has 2 nitrogen and oxygen atoms in total. The Kier molecular flexibility index (Phi) is 6.99. The van der Waals surface area contributed by atoms with E-state index in [1.54, 1.807) is 0 Å². The lowest BCUT2D eigenvalue weighted by atomic mass is 10.3. The third-order valence-corrected chi connectivity index (χ3v) is 1.22. The minimum absolute atomic E-state index is 0.684. The van der Waals surface area contributed by atoms with Crippen LogP contribution in [0.5, 0.6) is 0 Å². The van der Waals surface area contributed by atoms with Crippen LogP contribution in [-0.2, 0) is 0 Å². The number of rotatable bonds is 5. The predicted octanol–water partition coefficient (Wildman–Crippen LogP) is 0.264. The van der Waals surface area contributed by atoms with E-state index in [1.165, 1.54) is 19.4 Å². The van der Waals surface area contributed by atoms with Gasteiger partial charge in [0.25, 0.3) is 0 Å². The van der Waals surface area contributed by atoms with Gasteiger partial charge < -0.3 is 5.32 Å². The number of unbranched alkanes of at least 4 members (excludes halogenated alkanes) is 1. The van der Waals surface area contributed by atoms with Crippen molar-refractivity contribution in [2.75, 3.05) is 13.1 Å². The third-order valence-electron chi connectivity index (χ3n) is 1.22. The van der Waals surface area contributed by atoms with Crippen molar-refractivity contribution in [3.8, 4) is 6.07 Å². The van der Waals surface area contributed by atoms with Crippen LogP contribution in [0.4, 0.5) is 0 Å². The minimum Gasteiger partial charge on any atom is -0.345 e. The standard InChI is InChI=1S/C7H14N2/c1-2-3-6-9-7-4-5-8/h9H,2-4,6-7H2,1H3/p+1. The molecule has 0 radical (unpaired) electrons. The Labute approximate surface area is 56.9 Å². The maximum Gasteiger partial charge on any atom is 0.0887 e. The van der Waals surface area contributed by atoms with Gasteiger partial charge in [-0.15, -0.1) is 0 Å². The molecule has 0 rings (SSSR count). The van der Waals surface area contributed by atoms with E-state index in [1.807, 2.05) is 0 Å². The molecule has 0 bridgehead atoms. The van der Waals surface area contributed by atoms with E-state index in [4.69, 9.17) is 5.26 Å². The summed E-state index contributed by atoms with van der Waals surface area (Å²) in [6.07, 6.45) is 3.21. The Morgan fingerprint density at radius 3 is 2.78 bits per heavy atom. The van der Waals surface area contributed by atoms with Crippen molar-refractivity contribution in [1.82, 2.24) is 0 Å². The Bertz CT molecular complexity index is 83.4. The van der Waals surface area contributed by atoms with Crippen LogP contribution in [0.1, 0.15) is 26.2 Å². The SMILES string of the molecule is CCCC[NH2+]CCC#N. The zero-order valence-electron chi connectivity index (χ0n) is 6.06. The van der Waals surface area contributed by atoms with Gasteiger partial charge >= 0.3 is 0 Å². The predicted molar refractivity (Wildman–Crippen MR) is 36.8 cm³/mol. The first kappa shape index (κ1) is 8.45. The number of hydrogen-bond donors (Lipinski definition) is 1. The van der Waals surface area contributed by atoms with Crippen LogP contribution in [0, 0.1) is 11.3 Å². The van der Waals surface area contributed by atoms with E-state index in [0.29, 0.717) is 6.42 Å². The lowest BCUT2D eigenvalue weighted by Gasteiger charge is -1.94. The van der Waals surface area contributed by atoms with Crippen molar-refractivity contribution < 1.29 is 5.32 Å². The normalized spacial score (nSPS) is 8.89. The topological polar surface area (TPSA) is 40.4 Å². The first-order valence-electron chi connectivity index (χ1n) is 3.60. The zero-order valence-corrected chi connectivity index (χ0v) is 6.06. The third kappa shape index (κ3) is 7.45. The summed E-state index contributed by atoms with van der Waals surface area (Å²) in [4.78, 5) is 0. The highest BCUT2D eigenvalue weighted by Gasteiger charge is 1.86. The van der Waals surface area contributed by atoms with E-state index in [9.17, 15) is 0 Å². The summed E-state index contributed by atoms with van der Waals surface area (Å²) in [5, 5.41) is 10.4. The summed E-state index contributed by atoms with van der Waals surface area (Å²) in [5.74, 6) is 0. The van der Waals surface area contributed by atoms with E-state index in [2.05, 4.69) is 18.3 Å². The summed E-state index contributed by atoms with van der Waals surface area (Å²) >= 11 is 0. The molecule has 0 aromatic rings. The molecule has 0 aromatic carbocycles. The molecule has 2 heteroatoms. The number of hydrogen-bond acceptors (Lipinski definition) is 1. The fourth-order valence-electron chi connectivity index (χ4n) is 0.659. The van der Waals surface area contributed by atoms with Crippen molar-refractivity contribution in [3.05, 3.63) is 0 Å². The van der Waals surface area contributed by atoms with Gasteiger partial charge in [0.2, 0.25) is 0 Å². The highest BCUT2D eigenvalue weighted by atomic mass is 14.8. The lowest BCUT2D eigenvalue weighted by molar-refractivity contribution is -0.654.